The lowest BCUT2D eigenvalue weighted by molar-refractivity contribution is -0.124. The summed E-state index contributed by atoms with van der Waals surface area (Å²) in [6, 6.07) is 4.10. The van der Waals surface area contributed by atoms with E-state index in [1.807, 2.05) is 13.0 Å². The Bertz CT molecular complexity index is 550. The summed E-state index contributed by atoms with van der Waals surface area (Å²) in [5, 5.41) is 3.07. The summed E-state index contributed by atoms with van der Waals surface area (Å²) in [6.45, 7) is 5.18. The van der Waals surface area contributed by atoms with E-state index >= 15 is 0 Å². The zero-order chi connectivity index (χ0) is 15.5. The van der Waals surface area contributed by atoms with Gasteiger partial charge in [0.05, 0.1) is 6.61 Å². The van der Waals surface area contributed by atoms with E-state index in [0.717, 1.165) is 36.3 Å². The molecule has 0 bridgehead atoms. The highest BCUT2D eigenvalue weighted by molar-refractivity contribution is 5.78. The monoisotopic (exact) mass is 303 g/mol. The molecular formula is C18H25NO3. The van der Waals surface area contributed by atoms with Crippen molar-refractivity contribution in [2.24, 2.45) is 5.92 Å². The van der Waals surface area contributed by atoms with Crippen LogP contribution in [0.3, 0.4) is 0 Å². The van der Waals surface area contributed by atoms with Crippen molar-refractivity contribution in [1.29, 1.82) is 0 Å². The van der Waals surface area contributed by atoms with Crippen LogP contribution in [0.1, 0.15) is 50.7 Å². The molecular weight excluding hydrogens is 278 g/mol. The van der Waals surface area contributed by atoms with Crippen LogP contribution in [0, 0.1) is 5.92 Å². The first-order valence-corrected chi connectivity index (χ1v) is 8.40. The van der Waals surface area contributed by atoms with Crippen LogP contribution in [0.25, 0.3) is 0 Å². The average Bonchev–Trinajstić information content (AvgIpc) is 3.13. The Morgan fingerprint density at radius 1 is 1.36 bits per heavy atom. The van der Waals surface area contributed by atoms with Crippen LogP contribution >= 0.6 is 0 Å². The molecule has 1 heterocycles. The lowest BCUT2D eigenvalue weighted by Gasteiger charge is -2.15. The number of hydrogen-bond donors (Lipinski definition) is 1. The molecule has 1 aliphatic carbocycles. The van der Waals surface area contributed by atoms with Crippen molar-refractivity contribution >= 4 is 5.91 Å². The standard InChI is InChI=1S/C18H25NO3/c1-3-21-16-9-14-8-12(2)22-17(14)10-15(16)11-19-18(20)13-6-4-5-7-13/h9-10,12-13H,3-8,11H2,1-2H3,(H,19,20). The molecule has 1 N–H and O–H groups in total. The molecule has 120 valence electrons. The van der Waals surface area contributed by atoms with Crippen molar-refractivity contribution in [3.05, 3.63) is 23.3 Å². The molecule has 22 heavy (non-hydrogen) atoms. The fraction of sp³-hybridized carbons (Fsp3) is 0.611. The van der Waals surface area contributed by atoms with E-state index in [9.17, 15) is 4.79 Å². The summed E-state index contributed by atoms with van der Waals surface area (Å²) < 4.78 is 11.6. The second kappa shape index (κ2) is 6.59. The van der Waals surface area contributed by atoms with Crippen LogP contribution in [0.2, 0.25) is 0 Å². The largest absolute Gasteiger partial charge is 0.494 e. The number of hydrogen-bond acceptors (Lipinski definition) is 3. The van der Waals surface area contributed by atoms with E-state index in [1.54, 1.807) is 0 Å². The Balaban J connectivity index is 1.71. The summed E-state index contributed by atoms with van der Waals surface area (Å²) in [7, 11) is 0. The van der Waals surface area contributed by atoms with E-state index < -0.39 is 0 Å². The molecule has 1 aromatic rings. The molecule has 1 aromatic carbocycles. The zero-order valence-corrected chi connectivity index (χ0v) is 13.5. The smallest absolute Gasteiger partial charge is 0.223 e. The zero-order valence-electron chi connectivity index (χ0n) is 13.5. The van der Waals surface area contributed by atoms with Gasteiger partial charge in [-0.15, -0.1) is 0 Å². The van der Waals surface area contributed by atoms with Crippen LogP contribution in [0.5, 0.6) is 11.5 Å². The summed E-state index contributed by atoms with van der Waals surface area (Å²) in [6.07, 6.45) is 5.53. The van der Waals surface area contributed by atoms with Gasteiger partial charge < -0.3 is 14.8 Å². The van der Waals surface area contributed by atoms with E-state index in [4.69, 9.17) is 9.47 Å². The SMILES string of the molecule is CCOc1cc2c(cc1CNC(=O)C1CCCC1)OC(C)C2. The Labute approximate surface area is 132 Å². The number of amides is 1. The second-order valence-electron chi connectivity index (χ2n) is 6.33. The molecule has 3 rings (SSSR count). The highest BCUT2D eigenvalue weighted by atomic mass is 16.5. The van der Waals surface area contributed by atoms with Crippen molar-refractivity contribution in [2.75, 3.05) is 6.61 Å². The topological polar surface area (TPSA) is 47.6 Å². The predicted octanol–water partition coefficient (Wildman–Crippen LogP) is 3.22. The van der Waals surface area contributed by atoms with Gasteiger partial charge in [0.2, 0.25) is 5.91 Å². The normalized spacial score (nSPS) is 20.5. The van der Waals surface area contributed by atoms with Crippen LogP contribution < -0.4 is 14.8 Å². The molecule has 1 aliphatic heterocycles. The number of carbonyl (C=O) groups is 1. The Morgan fingerprint density at radius 3 is 2.86 bits per heavy atom. The van der Waals surface area contributed by atoms with Crippen LogP contribution in [0.4, 0.5) is 0 Å². The number of ether oxygens (including phenoxy) is 2. The van der Waals surface area contributed by atoms with Gasteiger partial charge in [0.1, 0.15) is 17.6 Å². The highest BCUT2D eigenvalue weighted by Gasteiger charge is 2.24. The Kier molecular flexibility index (Phi) is 4.55. The minimum Gasteiger partial charge on any atom is -0.494 e. The fourth-order valence-corrected chi connectivity index (χ4v) is 3.42. The van der Waals surface area contributed by atoms with Crippen LogP contribution in [0.15, 0.2) is 12.1 Å². The fourth-order valence-electron chi connectivity index (χ4n) is 3.42. The molecule has 4 heteroatoms. The molecule has 0 aromatic heterocycles. The molecule has 1 fully saturated rings. The maximum absolute atomic E-state index is 12.2. The third kappa shape index (κ3) is 3.21. The van der Waals surface area contributed by atoms with E-state index in [2.05, 4.69) is 18.3 Å². The first kappa shape index (κ1) is 15.2. The number of carbonyl (C=O) groups excluding carboxylic acids is 1. The molecule has 4 nitrogen and oxygen atoms in total. The van der Waals surface area contributed by atoms with Crippen molar-refractivity contribution in [3.8, 4) is 11.5 Å². The third-order valence-electron chi connectivity index (χ3n) is 4.56. The minimum atomic E-state index is 0.176. The van der Waals surface area contributed by atoms with Crippen molar-refractivity contribution in [1.82, 2.24) is 5.32 Å². The van der Waals surface area contributed by atoms with Gasteiger partial charge in [-0.1, -0.05) is 12.8 Å². The van der Waals surface area contributed by atoms with Gasteiger partial charge in [0.25, 0.3) is 0 Å². The molecule has 1 saturated carbocycles. The van der Waals surface area contributed by atoms with Gasteiger partial charge >= 0.3 is 0 Å². The lowest BCUT2D eigenvalue weighted by atomic mass is 10.1. The molecule has 2 aliphatic rings. The quantitative estimate of drug-likeness (QED) is 0.908. The average molecular weight is 303 g/mol. The molecule has 1 amide bonds. The highest BCUT2D eigenvalue weighted by Crippen LogP contribution is 2.35. The molecule has 1 atom stereocenters. The van der Waals surface area contributed by atoms with Crippen molar-refractivity contribution < 1.29 is 14.3 Å². The van der Waals surface area contributed by atoms with Crippen LogP contribution in [-0.4, -0.2) is 18.6 Å². The van der Waals surface area contributed by atoms with Gasteiger partial charge in [0.15, 0.2) is 0 Å². The second-order valence-corrected chi connectivity index (χ2v) is 6.33. The Morgan fingerprint density at radius 2 is 2.14 bits per heavy atom. The number of rotatable bonds is 5. The number of nitrogens with one attached hydrogen (secondary N) is 1. The Hall–Kier alpha value is -1.71. The summed E-state index contributed by atoms with van der Waals surface area (Å²) in [5.74, 6) is 2.17. The van der Waals surface area contributed by atoms with Gasteiger partial charge in [-0.05, 0) is 38.8 Å². The van der Waals surface area contributed by atoms with Gasteiger partial charge in [-0.2, -0.15) is 0 Å². The summed E-state index contributed by atoms with van der Waals surface area (Å²) in [4.78, 5) is 12.2. The van der Waals surface area contributed by atoms with Gasteiger partial charge in [-0.3, -0.25) is 4.79 Å². The van der Waals surface area contributed by atoms with Gasteiger partial charge in [0, 0.05) is 30.0 Å². The summed E-state index contributed by atoms with van der Waals surface area (Å²) >= 11 is 0. The molecule has 0 spiro atoms. The minimum absolute atomic E-state index is 0.176. The number of benzene rings is 1. The first-order valence-electron chi connectivity index (χ1n) is 8.40. The maximum atomic E-state index is 12.2. The van der Waals surface area contributed by atoms with E-state index in [1.165, 1.54) is 18.4 Å². The summed E-state index contributed by atoms with van der Waals surface area (Å²) in [5.41, 5.74) is 2.20. The van der Waals surface area contributed by atoms with Gasteiger partial charge in [-0.25, -0.2) is 0 Å². The van der Waals surface area contributed by atoms with E-state index in [0.29, 0.717) is 13.2 Å². The predicted molar refractivity (Wildman–Crippen MR) is 85.2 cm³/mol. The van der Waals surface area contributed by atoms with E-state index in [-0.39, 0.29) is 17.9 Å². The number of fused-ring (bicyclic) bond motifs is 1. The van der Waals surface area contributed by atoms with Crippen molar-refractivity contribution in [2.45, 2.75) is 58.6 Å². The van der Waals surface area contributed by atoms with Crippen LogP contribution in [-0.2, 0) is 17.8 Å². The third-order valence-corrected chi connectivity index (χ3v) is 4.56. The maximum Gasteiger partial charge on any atom is 0.223 e. The molecule has 0 saturated heterocycles. The lowest BCUT2D eigenvalue weighted by Crippen LogP contribution is -2.28. The molecule has 0 radical (unpaired) electrons. The van der Waals surface area contributed by atoms with Crippen molar-refractivity contribution in [3.63, 3.8) is 0 Å². The molecule has 1 unspecified atom stereocenters. The first-order chi connectivity index (χ1) is 10.7.